The Labute approximate surface area is 84.4 Å². The van der Waals surface area contributed by atoms with Crippen LogP contribution < -0.4 is 10.5 Å². The molecule has 0 aliphatic heterocycles. The van der Waals surface area contributed by atoms with Crippen molar-refractivity contribution >= 4 is 6.08 Å². The van der Waals surface area contributed by atoms with Crippen molar-refractivity contribution in [2.45, 2.75) is 18.9 Å². The molecule has 1 aliphatic rings. The molecule has 2 nitrogen and oxygen atoms in total. The number of hydrogen-bond donors (Lipinski definition) is 1. The van der Waals surface area contributed by atoms with Gasteiger partial charge < -0.3 is 10.5 Å². The first-order chi connectivity index (χ1) is 6.78. The van der Waals surface area contributed by atoms with Gasteiger partial charge in [0, 0.05) is 6.04 Å². The predicted molar refractivity (Wildman–Crippen MR) is 58.2 cm³/mol. The Balaban J connectivity index is 2.13. The minimum atomic E-state index is 0.381. The minimum absolute atomic E-state index is 0.381. The Bertz CT molecular complexity index is 349. The largest absolute Gasteiger partial charge is 0.497 e. The van der Waals surface area contributed by atoms with E-state index in [0.717, 1.165) is 18.6 Å². The summed E-state index contributed by atoms with van der Waals surface area (Å²) >= 11 is 0. The Hall–Kier alpha value is -1.28. The van der Waals surface area contributed by atoms with Gasteiger partial charge in [0.05, 0.1) is 7.11 Å². The number of methoxy groups -OCH3 is 1. The van der Waals surface area contributed by atoms with Crippen molar-refractivity contribution in [3.05, 3.63) is 35.4 Å². The molecular weight excluding hydrogens is 174 g/mol. The first kappa shape index (κ1) is 9.28. The summed E-state index contributed by atoms with van der Waals surface area (Å²) in [6.07, 6.45) is 4.28. The van der Waals surface area contributed by atoms with Gasteiger partial charge in [0.1, 0.15) is 5.75 Å². The topological polar surface area (TPSA) is 35.2 Å². The van der Waals surface area contributed by atoms with Gasteiger partial charge in [-0.3, -0.25) is 0 Å². The fraction of sp³-hybridized carbons (Fsp3) is 0.333. The average Bonchev–Trinajstić information content (AvgIpc) is 2.16. The monoisotopic (exact) mass is 189 g/mol. The third-order valence-electron chi connectivity index (χ3n) is 2.51. The maximum absolute atomic E-state index is 5.71. The van der Waals surface area contributed by atoms with Gasteiger partial charge in [-0.15, -0.1) is 0 Å². The second-order valence-corrected chi connectivity index (χ2v) is 3.75. The lowest BCUT2D eigenvalue weighted by molar-refractivity contribution is 0.414. The van der Waals surface area contributed by atoms with Crippen molar-refractivity contribution in [2.75, 3.05) is 7.11 Å². The van der Waals surface area contributed by atoms with Crippen LogP contribution in [0.3, 0.4) is 0 Å². The van der Waals surface area contributed by atoms with Crippen molar-refractivity contribution in [3.63, 3.8) is 0 Å². The fourth-order valence-corrected chi connectivity index (χ4v) is 1.70. The van der Waals surface area contributed by atoms with Crippen LogP contribution in [0.2, 0.25) is 0 Å². The summed E-state index contributed by atoms with van der Waals surface area (Å²) in [5, 5.41) is 0. The summed E-state index contributed by atoms with van der Waals surface area (Å²) in [5.74, 6) is 0.906. The van der Waals surface area contributed by atoms with Gasteiger partial charge in [0.2, 0.25) is 0 Å². The average molecular weight is 189 g/mol. The standard InChI is InChI=1S/C12H15NO/c1-14-12-4-2-3-9(8-12)5-10-6-11(13)7-10/h2-5,8,11H,6-7,13H2,1H3. The molecule has 2 rings (SSSR count). The molecule has 0 aromatic heterocycles. The molecule has 0 heterocycles. The van der Waals surface area contributed by atoms with E-state index in [9.17, 15) is 0 Å². The van der Waals surface area contributed by atoms with E-state index < -0.39 is 0 Å². The normalized spacial score (nSPS) is 20.1. The highest BCUT2D eigenvalue weighted by Gasteiger charge is 2.18. The number of ether oxygens (including phenoxy) is 1. The van der Waals surface area contributed by atoms with Crippen LogP contribution in [0.4, 0.5) is 0 Å². The van der Waals surface area contributed by atoms with E-state index in [1.165, 1.54) is 11.1 Å². The highest BCUT2D eigenvalue weighted by Crippen LogP contribution is 2.27. The van der Waals surface area contributed by atoms with Gasteiger partial charge >= 0.3 is 0 Å². The smallest absolute Gasteiger partial charge is 0.119 e. The molecule has 2 N–H and O–H groups in total. The van der Waals surface area contributed by atoms with E-state index in [4.69, 9.17) is 10.5 Å². The Morgan fingerprint density at radius 2 is 2.21 bits per heavy atom. The van der Waals surface area contributed by atoms with Crippen LogP contribution in [0.5, 0.6) is 5.75 Å². The third-order valence-corrected chi connectivity index (χ3v) is 2.51. The molecule has 0 saturated heterocycles. The van der Waals surface area contributed by atoms with Crippen molar-refractivity contribution in [3.8, 4) is 5.75 Å². The molecule has 0 atom stereocenters. The quantitative estimate of drug-likeness (QED) is 0.774. The minimum Gasteiger partial charge on any atom is -0.497 e. The Morgan fingerprint density at radius 1 is 1.43 bits per heavy atom. The van der Waals surface area contributed by atoms with Crippen LogP contribution in [0.1, 0.15) is 18.4 Å². The van der Waals surface area contributed by atoms with Crippen LogP contribution >= 0.6 is 0 Å². The molecule has 1 aliphatic carbocycles. The van der Waals surface area contributed by atoms with Crippen molar-refractivity contribution in [1.82, 2.24) is 0 Å². The van der Waals surface area contributed by atoms with E-state index in [2.05, 4.69) is 12.1 Å². The van der Waals surface area contributed by atoms with Crippen molar-refractivity contribution in [2.24, 2.45) is 5.73 Å². The lowest BCUT2D eigenvalue weighted by atomic mass is 9.86. The lowest BCUT2D eigenvalue weighted by Crippen LogP contribution is -2.29. The molecule has 0 spiro atoms. The molecule has 0 radical (unpaired) electrons. The van der Waals surface area contributed by atoms with E-state index in [1.54, 1.807) is 7.11 Å². The van der Waals surface area contributed by atoms with Crippen LogP contribution in [0.25, 0.3) is 6.08 Å². The van der Waals surface area contributed by atoms with Gasteiger partial charge in [0.25, 0.3) is 0 Å². The van der Waals surface area contributed by atoms with Crippen LogP contribution in [-0.2, 0) is 0 Å². The van der Waals surface area contributed by atoms with E-state index in [-0.39, 0.29) is 0 Å². The van der Waals surface area contributed by atoms with Crippen LogP contribution in [0.15, 0.2) is 29.8 Å². The Morgan fingerprint density at radius 3 is 2.86 bits per heavy atom. The summed E-state index contributed by atoms with van der Waals surface area (Å²) in [6.45, 7) is 0. The zero-order valence-electron chi connectivity index (χ0n) is 8.36. The molecule has 0 unspecified atom stereocenters. The molecule has 1 saturated carbocycles. The molecule has 1 fully saturated rings. The number of rotatable bonds is 2. The highest BCUT2D eigenvalue weighted by molar-refractivity contribution is 5.56. The van der Waals surface area contributed by atoms with E-state index >= 15 is 0 Å². The molecule has 1 aromatic carbocycles. The summed E-state index contributed by atoms with van der Waals surface area (Å²) < 4.78 is 5.16. The summed E-state index contributed by atoms with van der Waals surface area (Å²) in [6, 6.07) is 8.46. The summed E-state index contributed by atoms with van der Waals surface area (Å²) in [5.41, 5.74) is 8.35. The van der Waals surface area contributed by atoms with E-state index in [0.29, 0.717) is 6.04 Å². The van der Waals surface area contributed by atoms with Gasteiger partial charge in [-0.05, 0) is 30.5 Å². The number of benzene rings is 1. The second kappa shape index (κ2) is 3.84. The predicted octanol–water partition coefficient (Wildman–Crippen LogP) is 2.20. The van der Waals surface area contributed by atoms with Crippen LogP contribution in [0, 0.1) is 0 Å². The van der Waals surface area contributed by atoms with Gasteiger partial charge in [-0.2, -0.15) is 0 Å². The summed E-state index contributed by atoms with van der Waals surface area (Å²) in [4.78, 5) is 0. The SMILES string of the molecule is COc1cccc(C=C2CC(N)C2)c1. The highest BCUT2D eigenvalue weighted by atomic mass is 16.5. The Kier molecular flexibility index (Phi) is 2.55. The lowest BCUT2D eigenvalue weighted by Gasteiger charge is -2.25. The third kappa shape index (κ3) is 1.96. The maximum Gasteiger partial charge on any atom is 0.119 e. The number of nitrogens with two attached hydrogens (primary N) is 1. The molecule has 2 heteroatoms. The molecule has 0 bridgehead atoms. The van der Waals surface area contributed by atoms with Gasteiger partial charge in [-0.25, -0.2) is 0 Å². The fourth-order valence-electron chi connectivity index (χ4n) is 1.70. The van der Waals surface area contributed by atoms with Crippen molar-refractivity contribution < 1.29 is 4.74 Å². The molecule has 74 valence electrons. The first-order valence-electron chi connectivity index (χ1n) is 4.87. The summed E-state index contributed by atoms with van der Waals surface area (Å²) in [7, 11) is 1.69. The molecule has 1 aromatic rings. The maximum atomic E-state index is 5.71. The first-order valence-corrected chi connectivity index (χ1v) is 4.87. The van der Waals surface area contributed by atoms with Gasteiger partial charge in [-0.1, -0.05) is 23.8 Å². The zero-order valence-corrected chi connectivity index (χ0v) is 8.36. The zero-order chi connectivity index (χ0) is 9.97. The second-order valence-electron chi connectivity index (χ2n) is 3.75. The molecule has 0 amide bonds. The van der Waals surface area contributed by atoms with E-state index in [1.807, 2.05) is 18.2 Å². The van der Waals surface area contributed by atoms with Crippen molar-refractivity contribution in [1.29, 1.82) is 0 Å². The molecular formula is C12H15NO. The van der Waals surface area contributed by atoms with Gasteiger partial charge in [0.15, 0.2) is 0 Å². The number of hydrogen-bond acceptors (Lipinski definition) is 2. The molecule has 14 heavy (non-hydrogen) atoms. The van der Waals surface area contributed by atoms with Crippen LogP contribution in [-0.4, -0.2) is 13.2 Å².